The molecular weight excluding hydrogens is 441 g/mol. The Morgan fingerprint density at radius 1 is 1.18 bits per heavy atom. The normalized spacial score (nSPS) is 15.9. The van der Waals surface area contributed by atoms with Gasteiger partial charge in [0.05, 0.1) is 17.9 Å². The first-order valence-electron chi connectivity index (χ1n) is 11.5. The number of hydrogen-bond donors (Lipinski definition) is 3. The largest absolute Gasteiger partial charge is 1.00 e. The minimum absolute atomic E-state index is 0. The zero-order valence-corrected chi connectivity index (χ0v) is 22.7. The van der Waals surface area contributed by atoms with E-state index in [-0.39, 0.29) is 41.6 Å². The molecule has 0 radical (unpaired) electrons. The molecule has 0 fully saturated rings. The molecule has 1 aliphatic rings. The van der Waals surface area contributed by atoms with E-state index in [2.05, 4.69) is 44.8 Å². The summed E-state index contributed by atoms with van der Waals surface area (Å²) in [5, 5.41) is 33.4. The molecule has 0 bridgehead atoms. The van der Waals surface area contributed by atoms with Gasteiger partial charge in [0.1, 0.15) is 11.4 Å². The zero-order chi connectivity index (χ0) is 23.9. The summed E-state index contributed by atoms with van der Waals surface area (Å²) in [5.41, 5.74) is 6.50. The third-order valence-electron chi connectivity index (χ3n) is 6.71. The van der Waals surface area contributed by atoms with Crippen LogP contribution in [0.25, 0.3) is 22.0 Å². The van der Waals surface area contributed by atoms with Crippen molar-refractivity contribution in [3.8, 4) is 17.0 Å². The maximum Gasteiger partial charge on any atom is 1.00 e. The number of carbonyl (C=O) groups is 1. The van der Waals surface area contributed by atoms with Gasteiger partial charge in [0.15, 0.2) is 0 Å². The van der Waals surface area contributed by atoms with Crippen LogP contribution >= 0.6 is 0 Å². The summed E-state index contributed by atoms with van der Waals surface area (Å²) in [5.74, 6) is -0.419. The van der Waals surface area contributed by atoms with E-state index in [0.717, 1.165) is 39.9 Å². The molecule has 1 aromatic heterocycles. The molecule has 176 valence electrons. The van der Waals surface area contributed by atoms with E-state index in [1.807, 2.05) is 18.3 Å². The maximum absolute atomic E-state index is 10.7. The molecule has 2 aromatic carbocycles. The van der Waals surface area contributed by atoms with Crippen molar-refractivity contribution in [1.29, 1.82) is 0 Å². The van der Waals surface area contributed by atoms with Crippen LogP contribution in [0.3, 0.4) is 0 Å². The number of aliphatic hydroxyl groups is 2. The van der Waals surface area contributed by atoms with Crippen LogP contribution in [0.5, 0.6) is 5.75 Å². The SMILES string of the molecule is Cc1c(CCC(O)CC(O)CC(=O)[O-])c2c(c(C)c1-c1[nH]cc3ccccc13)CC(C)(C)O2.[Na+]. The summed E-state index contributed by atoms with van der Waals surface area (Å²) in [6.07, 6.45) is 1.38. The molecule has 0 aliphatic carbocycles. The molecule has 2 unspecified atom stereocenters. The number of carboxylic acids is 1. The number of H-pyrrole nitrogens is 1. The molecular formula is C27H32NNaO5. The minimum atomic E-state index is -1.32. The molecule has 1 aliphatic heterocycles. The molecule has 3 N–H and O–H groups in total. The molecule has 2 heterocycles. The van der Waals surface area contributed by atoms with Crippen LogP contribution in [0, 0.1) is 13.8 Å². The number of aliphatic carboxylic acids is 1. The van der Waals surface area contributed by atoms with E-state index < -0.39 is 24.6 Å². The van der Waals surface area contributed by atoms with Crippen LogP contribution in [-0.2, 0) is 17.6 Å². The van der Waals surface area contributed by atoms with E-state index in [9.17, 15) is 20.1 Å². The first kappa shape index (κ1) is 26.8. The molecule has 0 amide bonds. The quantitative estimate of drug-likeness (QED) is 0.410. The van der Waals surface area contributed by atoms with Crippen molar-refractivity contribution in [2.24, 2.45) is 0 Å². The number of ether oxygens (including phenoxy) is 1. The first-order chi connectivity index (χ1) is 15.6. The van der Waals surface area contributed by atoms with Gasteiger partial charge < -0.3 is 29.8 Å². The fourth-order valence-electron chi connectivity index (χ4n) is 5.16. The number of hydrogen-bond acceptors (Lipinski definition) is 5. The molecule has 6 nitrogen and oxygen atoms in total. The van der Waals surface area contributed by atoms with Crippen molar-refractivity contribution in [1.82, 2.24) is 4.98 Å². The summed E-state index contributed by atoms with van der Waals surface area (Å²) in [7, 11) is 0. The minimum Gasteiger partial charge on any atom is -0.550 e. The Morgan fingerprint density at radius 3 is 2.59 bits per heavy atom. The van der Waals surface area contributed by atoms with Gasteiger partial charge in [-0.2, -0.15) is 0 Å². The Kier molecular flexibility index (Phi) is 8.21. The molecule has 0 saturated heterocycles. The van der Waals surface area contributed by atoms with Crippen LogP contribution in [0.4, 0.5) is 0 Å². The average molecular weight is 474 g/mol. The summed E-state index contributed by atoms with van der Waals surface area (Å²) >= 11 is 0. The number of rotatable bonds is 8. The van der Waals surface area contributed by atoms with Gasteiger partial charge in [0, 0.05) is 41.5 Å². The molecule has 0 saturated carbocycles. The summed E-state index contributed by atoms with van der Waals surface area (Å²) < 4.78 is 6.39. The number of carbonyl (C=O) groups excluding carboxylic acids is 1. The van der Waals surface area contributed by atoms with Crippen LogP contribution < -0.4 is 39.4 Å². The van der Waals surface area contributed by atoms with E-state index in [0.29, 0.717) is 12.8 Å². The monoisotopic (exact) mass is 473 g/mol. The maximum atomic E-state index is 10.7. The number of aromatic nitrogens is 1. The third-order valence-corrected chi connectivity index (χ3v) is 6.71. The number of carboxylic acid groups (broad SMARTS) is 1. The van der Waals surface area contributed by atoms with E-state index in [4.69, 9.17) is 4.74 Å². The molecule has 7 heteroatoms. The van der Waals surface area contributed by atoms with Gasteiger partial charge >= 0.3 is 29.6 Å². The number of nitrogens with one attached hydrogen (secondary N) is 1. The van der Waals surface area contributed by atoms with Crippen molar-refractivity contribution in [2.45, 2.75) is 77.6 Å². The molecule has 2 atom stereocenters. The fraction of sp³-hybridized carbons (Fsp3) is 0.444. The zero-order valence-electron chi connectivity index (χ0n) is 20.7. The van der Waals surface area contributed by atoms with Gasteiger partial charge in [-0.3, -0.25) is 0 Å². The molecule has 0 spiro atoms. The Labute approximate surface area is 222 Å². The second kappa shape index (κ2) is 10.4. The molecule has 34 heavy (non-hydrogen) atoms. The fourth-order valence-corrected chi connectivity index (χ4v) is 5.16. The second-order valence-electron chi connectivity index (χ2n) is 9.86. The predicted molar refractivity (Wildman–Crippen MR) is 126 cm³/mol. The average Bonchev–Trinajstić information content (AvgIpc) is 3.28. The standard InChI is InChI=1S/C27H33NO5.Na/c1-15-20(10-9-18(29)11-19(30)12-23(31)32)26-22(13-27(3,4)33-26)16(2)24(15)25-21-8-6-5-7-17(21)14-28-25;/h5-8,14,18-19,28-30H,9-13H2,1-4H3,(H,31,32);/q;+1/p-1. The van der Waals surface area contributed by atoms with Crippen molar-refractivity contribution in [3.05, 3.63) is 52.7 Å². The summed E-state index contributed by atoms with van der Waals surface area (Å²) in [6, 6.07) is 8.28. The Balaban J connectivity index is 0.00000324. The van der Waals surface area contributed by atoms with E-state index in [1.54, 1.807) is 0 Å². The third kappa shape index (κ3) is 5.37. The van der Waals surface area contributed by atoms with E-state index in [1.165, 1.54) is 16.5 Å². The second-order valence-corrected chi connectivity index (χ2v) is 9.86. The molecule has 3 aromatic rings. The van der Waals surface area contributed by atoms with Crippen molar-refractivity contribution in [3.63, 3.8) is 0 Å². The number of aromatic amines is 1. The van der Waals surface area contributed by atoms with Gasteiger partial charge in [-0.05, 0) is 69.0 Å². The number of aliphatic hydroxyl groups excluding tert-OH is 2. The topological polar surface area (TPSA) is 106 Å². The van der Waals surface area contributed by atoms with Crippen LogP contribution in [0.1, 0.15) is 55.4 Å². The van der Waals surface area contributed by atoms with Gasteiger partial charge in [0.2, 0.25) is 0 Å². The van der Waals surface area contributed by atoms with E-state index >= 15 is 0 Å². The Hall–Kier alpha value is -1.83. The van der Waals surface area contributed by atoms with Gasteiger partial charge in [-0.1, -0.05) is 24.3 Å². The van der Waals surface area contributed by atoms with Gasteiger partial charge in [0.25, 0.3) is 0 Å². The van der Waals surface area contributed by atoms with Crippen LogP contribution in [-0.4, -0.2) is 39.0 Å². The Bertz CT molecular complexity index is 1200. The number of benzene rings is 2. The van der Waals surface area contributed by atoms with Crippen molar-refractivity contribution >= 4 is 16.7 Å². The van der Waals surface area contributed by atoms with Gasteiger partial charge in [-0.25, -0.2) is 0 Å². The predicted octanol–water partition coefficient (Wildman–Crippen LogP) is 0.354. The molecule has 4 rings (SSSR count). The number of fused-ring (bicyclic) bond motifs is 2. The summed E-state index contributed by atoms with van der Waals surface area (Å²) in [4.78, 5) is 14.2. The van der Waals surface area contributed by atoms with Crippen molar-refractivity contribution < 1.29 is 54.4 Å². The first-order valence-corrected chi connectivity index (χ1v) is 11.5. The van der Waals surface area contributed by atoms with Gasteiger partial charge in [-0.15, -0.1) is 0 Å². The smallest absolute Gasteiger partial charge is 0.550 e. The van der Waals surface area contributed by atoms with Crippen LogP contribution in [0.15, 0.2) is 30.5 Å². The van der Waals surface area contributed by atoms with Crippen molar-refractivity contribution in [2.75, 3.05) is 0 Å². The van der Waals surface area contributed by atoms with Crippen LogP contribution in [0.2, 0.25) is 0 Å². The summed E-state index contributed by atoms with van der Waals surface area (Å²) in [6.45, 7) is 8.41. The Morgan fingerprint density at radius 2 is 1.88 bits per heavy atom.